The van der Waals surface area contributed by atoms with E-state index in [0.717, 1.165) is 22.8 Å². The maximum absolute atomic E-state index is 11.8. The van der Waals surface area contributed by atoms with Crippen LogP contribution in [0.3, 0.4) is 0 Å². The molecule has 2 rings (SSSR count). The van der Waals surface area contributed by atoms with Crippen molar-refractivity contribution in [1.29, 1.82) is 0 Å². The first-order chi connectivity index (χ1) is 9.11. The van der Waals surface area contributed by atoms with Crippen molar-refractivity contribution in [3.05, 3.63) is 41.3 Å². The molecule has 0 unspecified atom stereocenters. The molecule has 2 N–H and O–H groups in total. The Bertz CT molecular complexity index is 569. The molecule has 1 heterocycles. The van der Waals surface area contributed by atoms with Crippen LogP contribution < -0.4 is 5.84 Å². The van der Waals surface area contributed by atoms with Crippen molar-refractivity contribution >= 4 is 34.5 Å². The van der Waals surface area contributed by atoms with Crippen molar-refractivity contribution < 1.29 is 14.3 Å². The fourth-order valence-electron chi connectivity index (χ4n) is 1.34. The highest BCUT2D eigenvalue weighted by Gasteiger charge is 2.32. The number of hydrogen-bond donors (Lipinski definition) is 1. The zero-order chi connectivity index (χ0) is 13.8. The highest BCUT2D eigenvalue weighted by molar-refractivity contribution is 8.18. The quantitative estimate of drug-likeness (QED) is 0.380. The molecule has 7 heteroatoms. The van der Waals surface area contributed by atoms with Crippen molar-refractivity contribution in [3.63, 3.8) is 0 Å². The molecule has 6 nitrogen and oxygen atoms in total. The van der Waals surface area contributed by atoms with E-state index in [2.05, 4.69) is 9.73 Å². The predicted octanol–water partition coefficient (Wildman–Crippen LogP) is 1.18. The van der Waals surface area contributed by atoms with E-state index >= 15 is 0 Å². The number of para-hydroxylation sites is 1. The first-order valence-corrected chi connectivity index (χ1v) is 6.14. The van der Waals surface area contributed by atoms with Crippen molar-refractivity contribution in [1.82, 2.24) is 5.01 Å². The molecule has 0 spiro atoms. The lowest BCUT2D eigenvalue weighted by atomic mass is 10.3. The molecule has 1 aliphatic heterocycles. The number of ether oxygens (including phenoxy) is 1. The fourth-order valence-corrected chi connectivity index (χ4v) is 2.21. The molecule has 0 saturated carbocycles. The molecule has 0 aromatic heterocycles. The highest BCUT2D eigenvalue weighted by atomic mass is 32.2. The van der Waals surface area contributed by atoms with Gasteiger partial charge < -0.3 is 4.74 Å². The molecular formula is C12H11N3O3S. The molecule has 1 fully saturated rings. The van der Waals surface area contributed by atoms with E-state index in [0.29, 0.717) is 10.9 Å². The van der Waals surface area contributed by atoms with Crippen LogP contribution in [0.15, 0.2) is 46.3 Å². The van der Waals surface area contributed by atoms with Gasteiger partial charge in [-0.05, 0) is 23.9 Å². The molecule has 0 aliphatic carbocycles. The van der Waals surface area contributed by atoms with E-state index in [1.54, 1.807) is 12.1 Å². The summed E-state index contributed by atoms with van der Waals surface area (Å²) in [6, 6.07) is 9.08. The van der Waals surface area contributed by atoms with Gasteiger partial charge in [0, 0.05) is 6.08 Å². The van der Waals surface area contributed by atoms with Crippen LogP contribution in [-0.4, -0.2) is 29.2 Å². The van der Waals surface area contributed by atoms with E-state index in [-0.39, 0.29) is 4.91 Å². The zero-order valence-corrected chi connectivity index (χ0v) is 10.9. The highest BCUT2D eigenvalue weighted by Crippen LogP contribution is 2.30. The fraction of sp³-hybridized carbons (Fsp3) is 0.0833. The van der Waals surface area contributed by atoms with Gasteiger partial charge in [-0.3, -0.25) is 4.79 Å². The van der Waals surface area contributed by atoms with Gasteiger partial charge in [0.15, 0.2) is 5.17 Å². The molecule has 0 bridgehead atoms. The summed E-state index contributed by atoms with van der Waals surface area (Å²) in [6.07, 6.45) is 1.10. The van der Waals surface area contributed by atoms with Gasteiger partial charge in [-0.1, -0.05) is 18.2 Å². The van der Waals surface area contributed by atoms with E-state index in [1.165, 1.54) is 7.11 Å². The Morgan fingerprint density at radius 1 is 1.42 bits per heavy atom. The third kappa shape index (κ3) is 3.01. The van der Waals surface area contributed by atoms with E-state index in [4.69, 9.17) is 5.84 Å². The Kier molecular flexibility index (Phi) is 3.98. The van der Waals surface area contributed by atoms with Crippen LogP contribution in [0, 0.1) is 0 Å². The second-order valence-corrected chi connectivity index (χ2v) is 4.55. The smallest absolute Gasteiger partial charge is 0.331 e. The van der Waals surface area contributed by atoms with Gasteiger partial charge in [0.25, 0.3) is 5.91 Å². The molecule has 0 atom stereocenters. The number of rotatable bonds is 2. The average Bonchev–Trinajstić information content (AvgIpc) is 2.68. The maximum atomic E-state index is 11.8. The number of hydrazine groups is 1. The number of carbonyl (C=O) groups is 2. The molecule has 19 heavy (non-hydrogen) atoms. The standard InChI is InChI=1S/C12H11N3O3S/c1-18-10(16)7-9-11(17)15(13)12(19-9)14-8-5-3-2-4-6-8/h2-7H,13H2,1H3/b9-7-,14-12?. The Morgan fingerprint density at radius 3 is 2.74 bits per heavy atom. The summed E-state index contributed by atoms with van der Waals surface area (Å²) in [4.78, 5) is 27.3. The minimum Gasteiger partial charge on any atom is -0.466 e. The average molecular weight is 277 g/mol. The Balaban J connectivity index is 2.26. The topological polar surface area (TPSA) is 85.0 Å². The van der Waals surface area contributed by atoms with E-state index in [1.807, 2.05) is 18.2 Å². The lowest BCUT2D eigenvalue weighted by Gasteiger charge is -2.06. The Morgan fingerprint density at radius 2 is 2.11 bits per heavy atom. The number of nitrogens with two attached hydrogens (primary N) is 1. The largest absolute Gasteiger partial charge is 0.466 e. The van der Waals surface area contributed by atoms with Gasteiger partial charge in [-0.25, -0.2) is 20.6 Å². The molecule has 98 valence electrons. The van der Waals surface area contributed by atoms with Gasteiger partial charge in [0.2, 0.25) is 0 Å². The molecular weight excluding hydrogens is 266 g/mol. The molecule has 1 aliphatic rings. The molecule has 1 aromatic carbocycles. The third-order valence-corrected chi connectivity index (χ3v) is 3.25. The Labute approximate surface area is 113 Å². The maximum Gasteiger partial charge on any atom is 0.331 e. The Hall–Kier alpha value is -2.12. The van der Waals surface area contributed by atoms with Gasteiger partial charge >= 0.3 is 5.97 Å². The van der Waals surface area contributed by atoms with E-state index < -0.39 is 11.9 Å². The van der Waals surface area contributed by atoms with Crippen molar-refractivity contribution in [2.75, 3.05) is 7.11 Å². The van der Waals surface area contributed by atoms with Crippen LogP contribution in [-0.2, 0) is 14.3 Å². The van der Waals surface area contributed by atoms with Gasteiger partial charge in [-0.15, -0.1) is 0 Å². The van der Waals surface area contributed by atoms with Crippen LogP contribution in [0.1, 0.15) is 0 Å². The van der Waals surface area contributed by atoms with Crippen molar-refractivity contribution in [2.24, 2.45) is 10.8 Å². The summed E-state index contributed by atoms with van der Waals surface area (Å²) < 4.78 is 4.47. The number of esters is 1. The third-order valence-electron chi connectivity index (χ3n) is 2.27. The van der Waals surface area contributed by atoms with Crippen molar-refractivity contribution in [2.45, 2.75) is 0 Å². The van der Waals surface area contributed by atoms with Gasteiger partial charge in [-0.2, -0.15) is 0 Å². The summed E-state index contributed by atoms with van der Waals surface area (Å²) in [7, 11) is 1.24. The predicted molar refractivity (Wildman–Crippen MR) is 72.3 cm³/mol. The number of benzene rings is 1. The monoisotopic (exact) mass is 277 g/mol. The van der Waals surface area contributed by atoms with Gasteiger partial charge in [0.1, 0.15) is 0 Å². The lowest BCUT2D eigenvalue weighted by Crippen LogP contribution is -2.35. The van der Waals surface area contributed by atoms with Crippen LogP contribution in [0.2, 0.25) is 0 Å². The molecule has 1 amide bonds. The second-order valence-electron chi connectivity index (χ2n) is 3.54. The van der Waals surface area contributed by atoms with Crippen LogP contribution >= 0.6 is 11.8 Å². The number of amidine groups is 1. The SMILES string of the molecule is COC(=O)/C=C1\SC(=Nc2ccccc2)N(N)C1=O. The normalized spacial score (nSPS) is 19.3. The number of methoxy groups -OCH3 is 1. The summed E-state index contributed by atoms with van der Waals surface area (Å²) >= 11 is 1.03. The zero-order valence-electron chi connectivity index (χ0n) is 10.1. The van der Waals surface area contributed by atoms with Crippen LogP contribution in [0.5, 0.6) is 0 Å². The minimum atomic E-state index is -0.606. The summed E-state index contributed by atoms with van der Waals surface area (Å²) in [5.74, 6) is 4.53. The number of aliphatic imine (C=N–C) groups is 1. The molecule has 0 radical (unpaired) electrons. The summed E-state index contributed by atoms with van der Waals surface area (Å²) in [5, 5.41) is 1.22. The van der Waals surface area contributed by atoms with E-state index in [9.17, 15) is 9.59 Å². The number of thioether (sulfide) groups is 1. The first kappa shape index (κ1) is 13.3. The van der Waals surface area contributed by atoms with Gasteiger partial charge in [0.05, 0.1) is 17.7 Å². The minimum absolute atomic E-state index is 0.184. The van der Waals surface area contributed by atoms with Crippen molar-refractivity contribution in [3.8, 4) is 0 Å². The number of hydrogen-bond acceptors (Lipinski definition) is 6. The lowest BCUT2D eigenvalue weighted by molar-refractivity contribution is -0.135. The number of nitrogens with zero attached hydrogens (tertiary/aromatic N) is 2. The second kappa shape index (κ2) is 5.68. The number of carbonyl (C=O) groups excluding carboxylic acids is 2. The van der Waals surface area contributed by atoms with Crippen LogP contribution in [0.25, 0.3) is 0 Å². The van der Waals surface area contributed by atoms with Crippen LogP contribution in [0.4, 0.5) is 5.69 Å². The summed E-state index contributed by atoms with van der Waals surface area (Å²) in [6.45, 7) is 0. The summed E-state index contributed by atoms with van der Waals surface area (Å²) in [5.41, 5.74) is 0.674. The molecule has 1 saturated heterocycles. The molecule has 1 aromatic rings. The number of amides is 1. The first-order valence-electron chi connectivity index (χ1n) is 5.32.